The highest BCUT2D eigenvalue weighted by atomic mass is 16.3. The normalized spacial score (nSPS) is 12.6. The Morgan fingerprint density at radius 1 is 0.842 bits per heavy atom. The van der Waals surface area contributed by atoms with E-state index in [0.717, 1.165) is 18.4 Å². The van der Waals surface area contributed by atoms with E-state index in [9.17, 15) is 5.11 Å². The summed E-state index contributed by atoms with van der Waals surface area (Å²) in [4.78, 5) is 0. The van der Waals surface area contributed by atoms with Crippen molar-refractivity contribution in [2.45, 2.75) is 38.7 Å². The Morgan fingerprint density at radius 3 is 2.05 bits per heavy atom. The Bertz CT molecular complexity index is 502. The first-order valence-corrected chi connectivity index (χ1v) is 6.99. The monoisotopic (exact) mass is 254 g/mol. The maximum Gasteiger partial charge on any atom is 0.0796 e. The molecule has 0 aliphatic heterocycles. The van der Waals surface area contributed by atoms with Crippen LogP contribution in [-0.4, -0.2) is 5.11 Å². The Labute approximate surface area is 115 Å². The lowest BCUT2D eigenvalue weighted by atomic mass is 9.91. The number of aryl methyl sites for hydroxylation is 1. The second-order valence-corrected chi connectivity index (χ2v) is 5.32. The molecule has 2 rings (SSSR count). The minimum absolute atomic E-state index is 0.376. The van der Waals surface area contributed by atoms with E-state index in [1.54, 1.807) is 0 Å². The fourth-order valence-electron chi connectivity index (χ4n) is 2.44. The van der Waals surface area contributed by atoms with Gasteiger partial charge in [-0.3, -0.25) is 0 Å². The molecule has 1 unspecified atom stereocenters. The van der Waals surface area contributed by atoms with Crippen LogP contribution in [0.3, 0.4) is 0 Å². The topological polar surface area (TPSA) is 20.2 Å². The first-order valence-electron chi connectivity index (χ1n) is 6.99. The molecule has 0 saturated heterocycles. The lowest BCUT2D eigenvalue weighted by Crippen LogP contribution is -2.04. The van der Waals surface area contributed by atoms with Crippen molar-refractivity contribution < 1.29 is 5.11 Å². The zero-order chi connectivity index (χ0) is 13.7. The largest absolute Gasteiger partial charge is 0.388 e. The Morgan fingerprint density at radius 2 is 1.42 bits per heavy atom. The standard InChI is InChI=1S/C18H22O/c1-14(2)16-10-6-7-11-17(16)18(19)13-12-15-8-4-3-5-9-15/h3-11,14,18-19H,12-13H2,1-2H3. The summed E-state index contributed by atoms with van der Waals surface area (Å²) in [5.74, 6) is 0.447. The van der Waals surface area contributed by atoms with Crippen LogP contribution in [0.4, 0.5) is 0 Å². The predicted molar refractivity (Wildman–Crippen MR) is 80.3 cm³/mol. The van der Waals surface area contributed by atoms with Gasteiger partial charge in [-0.15, -0.1) is 0 Å². The lowest BCUT2D eigenvalue weighted by Gasteiger charge is -2.17. The summed E-state index contributed by atoms with van der Waals surface area (Å²) in [6.07, 6.45) is 1.31. The fraction of sp³-hybridized carbons (Fsp3) is 0.333. The van der Waals surface area contributed by atoms with Crippen molar-refractivity contribution in [3.63, 3.8) is 0 Å². The maximum absolute atomic E-state index is 10.4. The molecule has 0 aliphatic rings. The van der Waals surface area contributed by atoms with E-state index in [4.69, 9.17) is 0 Å². The molecule has 0 fully saturated rings. The summed E-state index contributed by atoms with van der Waals surface area (Å²) < 4.78 is 0. The van der Waals surface area contributed by atoms with E-state index >= 15 is 0 Å². The van der Waals surface area contributed by atoms with E-state index in [0.29, 0.717) is 5.92 Å². The van der Waals surface area contributed by atoms with E-state index in [1.807, 2.05) is 36.4 Å². The van der Waals surface area contributed by atoms with Crippen molar-refractivity contribution in [2.75, 3.05) is 0 Å². The fourth-order valence-corrected chi connectivity index (χ4v) is 2.44. The van der Waals surface area contributed by atoms with Gasteiger partial charge in [0.25, 0.3) is 0 Å². The van der Waals surface area contributed by atoms with Gasteiger partial charge in [0.1, 0.15) is 0 Å². The first kappa shape index (κ1) is 13.8. The van der Waals surface area contributed by atoms with Crippen LogP contribution >= 0.6 is 0 Å². The van der Waals surface area contributed by atoms with Crippen LogP contribution in [0.1, 0.15) is 49.0 Å². The van der Waals surface area contributed by atoms with Crippen molar-refractivity contribution in [2.24, 2.45) is 0 Å². The number of aliphatic hydroxyl groups excluding tert-OH is 1. The molecular weight excluding hydrogens is 232 g/mol. The molecule has 1 nitrogen and oxygen atoms in total. The zero-order valence-corrected chi connectivity index (χ0v) is 11.7. The molecule has 19 heavy (non-hydrogen) atoms. The highest BCUT2D eigenvalue weighted by Gasteiger charge is 2.13. The van der Waals surface area contributed by atoms with E-state index < -0.39 is 0 Å². The highest BCUT2D eigenvalue weighted by molar-refractivity contribution is 5.31. The molecule has 1 atom stereocenters. The average molecular weight is 254 g/mol. The maximum atomic E-state index is 10.4. The molecule has 0 radical (unpaired) electrons. The molecule has 2 aromatic rings. The Kier molecular flexibility index (Phi) is 4.75. The average Bonchev–Trinajstić information content (AvgIpc) is 2.46. The van der Waals surface area contributed by atoms with Gasteiger partial charge in [0.15, 0.2) is 0 Å². The summed E-state index contributed by atoms with van der Waals surface area (Å²) in [5.41, 5.74) is 3.61. The van der Waals surface area contributed by atoms with Gasteiger partial charge in [0, 0.05) is 0 Å². The lowest BCUT2D eigenvalue weighted by molar-refractivity contribution is 0.166. The second-order valence-electron chi connectivity index (χ2n) is 5.32. The summed E-state index contributed by atoms with van der Waals surface area (Å²) in [7, 11) is 0. The summed E-state index contributed by atoms with van der Waals surface area (Å²) in [5, 5.41) is 10.4. The van der Waals surface area contributed by atoms with E-state index in [2.05, 4.69) is 32.0 Å². The van der Waals surface area contributed by atoms with Crippen molar-refractivity contribution in [1.29, 1.82) is 0 Å². The van der Waals surface area contributed by atoms with Crippen molar-refractivity contribution >= 4 is 0 Å². The molecule has 0 amide bonds. The summed E-state index contributed by atoms with van der Waals surface area (Å²) in [6, 6.07) is 18.6. The number of benzene rings is 2. The van der Waals surface area contributed by atoms with Crippen LogP contribution < -0.4 is 0 Å². The van der Waals surface area contributed by atoms with Gasteiger partial charge in [0.2, 0.25) is 0 Å². The van der Waals surface area contributed by atoms with Gasteiger partial charge in [-0.1, -0.05) is 68.4 Å². The van der Waals surface area contributed by atoms with Crippen LogP contribution in [-0.2, 0) is 6.42 Å². The third-order valence-corrected chi connectivity index (χ3v) is 3.53. The Hall–Kier alpha value is -1.60. The molecule has 0 bridgehead atoms. The molecule has 0 heterocycles. The summed E-state index contributed by atoms with van der Waals surface area (Å²) in [6.45, 7) is 4.34. The van der Waals surface area contributed by atoms with Crippen LogP contribution in [0.2, 0.25) is 0 Å². The summed E-state index contributed by atoms with van der Waals surface area (Å²) >= 11 is 0. The number of aliphatic hydroxyl groups is 1. The van der Waals surface area contributed by atoms with E-state index in [-0.39, 0.29) is 6.10 Å². The molecule has 1 N–H and O–H groups in total. The second kappa shape index (κ2) is 6.53. The van der Waals surface area contributed by atoms with Gasteiger partial charge < -0.3 is 5.11 Å². The molecule has 0 saturated carbocycles. The van der Waals surface area contributed by atoms with Crippen LogP contribution in [0, 0.1) is 0 Å². The first-order chi connectivity index (χ1) is 9.18. The molecule has 0 aromatic heterocycles. The van der Waals surface area contributed by atoms with Gasteiger partial charge in [0.05, 0.1) is 6.10 Å². The molecule has 1 heteroatoms. The van der Waals surface area contributed by atoms with Crippen LogP contribution in [0.25, 0.3) is 0 Å². The minimum Gasteiger partial charge on any atom is -0.388 e. The van der Waals surface area contributed by atoms with Gasteiger partial charge in [-0.05, 0) is 35.4 Å². The minimum atomic E-state index is -0.376. The van der Waals surface area contributed by atoms with Crippen LogP contribution in [0.15, 0.2) is 54.6 Å². The smallest absolute Gasteiger partial charge is 0.0796 e. The van der Waals surface area contributed by atoms with Gasteiger partial charge >= 0.3 is 0 Å². The Balaban J connectivity index is 2.06. The van der Waals surface area contributed by atoms with Crippen molar-refractivity contribution in [3.05, 3.63) is 71.3 Å². The predicted octanol–water partition coefficient (Wildman–Crippen LogP) is 4.48. The van der Waals surface area contributed by atoms with Crippen LogP contribution in [0.5, 0.6) is 0 Å². The van der Waals surface area contributed by atoms with Gasteiger partial charge in [-0.2, -0.15) is 0 Å². The number of hydrogen-bond acceptors (Lipinski definition) is 1. The molecule has 100 valence electrons. The quantitative estimate of drug-likeness (QED) is 0.834. The molecular formula is C18H22O. The SMILES string of the molecule is CC(C)c1ccccc1C(O)CCc1ccccc1. The van der Waals surface area contributed by atoms with Gasteiger partial charge in [-0.25, -0.2) is 0 Å². The molecule has 2 aromatic carbocycles. The number of rotatable bonds is 5. The third kappa shape index (κ3) is 3.68. The van der Waals surface area contributed by atoms with E-state index in [1.165, 1.54) is 11.1 Å². The number of hydrogen-bond donors (Lipinski definition) is 1. The highest BCUT2D eigenvalue weighted by Crippen LogP contribution is 2.27. The molecule has 0 aliphatic carbocycles. The van der Waals surface area contributed by atoms with Crippen molar-refractivity contribution in [1.82, 2.24) is 0 Å². The van der Waals surface area contributed by atoms with Crippen molar-refractivity contribution in [3.8, 4) is 0 Å². The zero-order valence-electron chi connectivity index (χ0n) is 11.7. The third-order valence-electron chi connectivity index (χ3n) is 3.53. The molecule has 0 spiro atoms.